The fraction of sp³-hybridized carbons (Fsp3) is 0.0968. The van der Waals surface area contributed by atoms with Gasteiger partial charge in [0.25, 0.3) is 0 Å². The quantitative estimate of drug-likeness (QED) is 0.135. The van der Waals surface area contributed by atoms with E-state index in [4.69, 9.17) is 0 Å². The molecule has 0 bridgehead atoms. The molecule has 0 saturated carbocycles. The second-order valence-electron chi connectivity index (χ2n) is 17.4. The number of nitrogens with zero attached hydrogens (tertiary/aromatic N) is 2. The number of aromatic nitrogens is 2. The molecule has 2 nitrogen and oxygen atoms in total. The van der Waals surface area contributed by atoms with Gasteiger partial charge in [0, 0.05) is 32.9 Å². The van der Waals surface area contributed by atoms with Crippen molar-refractivity contribution in [3.05, 3.63) is 224 Å². The molecular formula is C62H50N2. The summed E-state index contributed by atoms with van der Waals surface area (Å²) < 4.78 is 4.90. The summed E-state index contributed by atoms with van der Waals surface area (Å²) in [7, 11) is 0. The summed E-state index contributed by atoms with van der Waals surface area (Å²) in [6, 6.07) is 56.9. The van der Waals surface area contributed by atoms with Crippen molar-refractivity contribution in [3.8, 4) is 39.1 Å². The molecule has 64 heavy (non-hydrogen) atoms. The highest BCUT2D eigenvalue weighted by atomic mass is 15.0. The third kappa shape index (κ3) is 6.08. The van der Waals surface area contributed by atoms with Crippen molar-refractivity contribution in [1.29, 1.82) is 0 Å². The van der Waals surface area contributed by atoms with Crippen molar-refractivity contribution < 1.29 is 0 Å². The number of rotatable bonds is 8. The predicted octanol–water partition coefficient (Wildman–Crippen LogP) is 17.4. The van der Waals surface area contributed by atoms with E-state index in [-0.39, 0.29) is 0 Å². The molecule has 0 fully saturated rings. The van der Waals surface area contributed by atoms with Crippen molar-refractivity contribution in [1.82, 2.24) is 9.13 Å². The summed E-state index contributed by atoms with van der Waals surface area (Å²) in [5.41, 5.74) is 19.8. The Morgan fingerprint density at radius 3 is 1.88 bits per heavy atom. The molecule has 0 radical (unpaired) electrons. The molecule has 0 N–H and O–H groups in total. The second kappa shape index (κ2) is 15.6. The molecule has 2 heterocycles. The van der Waals surface area contributed by atoms with Crippen molar-refractivity contribution >= 4 is 66.2 Å². The minimum absolute atomic E-state index is 0.297. The molecule has 2 aromatic heterocycles. The van der Waals surface area contributed by atoms with Gasteiger partial charge in [-0.1, -0.05) is 148 Å². The van der Waals surface area contributed by atoms with Crippen LogP contribution in [0.5, 0.6) is 0 Å². The lowest BCUT2D eigenvalue weighted by Crippen LogP contribution is -2.13. The molecule has 2 unspecified atom stereocenters. The Morgan fingerprint density at radius 1 is 0.531 bits per heavy atom. The van der Waals surface area contributed by atoms with E-state index in [1.807, 2.05) is 18.2 Å². The molecule has 1 aliphatic carbocycles. The first-order chi connectivity index (χ1) is 31.4. The van der Waals surface area contributed by atoms with E-state index in [1.54, 1.807) is 0 Å². The third-order valence-electron chi connectivity index (χ3n) is 13.9. The zero-order valence-electron chi connectivity index (χ0n) is 36.9. The highest BCUT2D eigenvalue weighted by Gasteiger charge is 2.31. The SMILES string of the molecule is C=C/C=C\c1c(C)cccc1-c1ccc2c(c1)c1cc3c(cc1n2C(/C=C\C)=C/C=C)-c1cc2c(cc1C(C)C3C)c1cc(-c3cccc4ccccc34)ccc1n2-c1ccccc1. The van der Waals surface area contributed by atoms with Crippen LogP contribution in [0, 0.1) is 6.92 Å². The van der Waals surface area contributed by atoms with Gasteiger partial charge < -0.3 is 9.13 Å². The van der Waals surface area contributed by atoms with Gasteiger partial charge in [-0.15, -0.1) is 0 Å². The van der Waals surface area contributed by atoms with Gasteiger partial charge in [-0.05, 0) is 165 Å². The van der Waals surface area contributed by atoms with Gasteiger partial charge in [0.2, 0.25) is 0 Å². The fourth-order valence-corrected chi connectivity index (χ4v) is 10.7. The molecule has 1 aliphatic rings. The minimum atomic E-state index is 0.297. The maximum Gasteiger partial charge on any atom is 0.0547 e. The van der Waals surface area contributed by atoms with Gasteiger partial charge in [0.1, 0.15) is 0 Å². The molecule has 308 valence electrons. The Labute approximate surface area is 375 Å². The number of para-hydroxylation sites is 1. The average molecular weight is 823 g/mol. The number of aryl methyl sites for hydroxylation is 1. The van der Waals surface area contributed by atoms with Gasteiger partial charge in [-0.3, -0.25) is 0 Å². The van der Waals surface area contributed by atoms with E-state index in [0.717, 1.165) is 11.4 Å². The highest BCUT2D eigenvalue weighted by Crippen LogP contribution is 2.52. The second-order valence-corrected chi connectivity index (χ2v) is 17.4. The Morgan fingerprint density at radius 2 is 1.14 bits per heavy atom. The molecule has 11 rings (SSSR count). The number of benzene rings is 8. The number of fused-ring (bicyclic) bond motifs is 10. The molecule has 0 amide bonds. The largest absolute Gasteiger partial charge is 0.309 e. The normalized spacial score (nSPS) is 15.3. The van der Waals surface area contributed by atoms with E-state index in [1.165, 1.54) is 110 Å². The molecule has 10 aromatic rings. The van der Waals surface area contributed by atoms with Crippen LogP contribution < -0.4 is 0 Å². The first-order valence-corrected chi connectivity index (χ1v) is 22.5. The zero-order chi connectivity index (χ0) is 43.6. The number of allylic oxidation sites excluding steroid dienone is 7. The average Bonchev–Trinajstić information content (AvgIpc) is 3.82. The highest BCUT2D eigenvalue weighted by molar-refractivity contribution is 6.15. The summed E-state index contributed by atoms with van der Waals surface area (Å²) in [5.74, 6) is 0.598. The van der Waals surface area contributed by atoms with Gasteiger partial charge >= 0.3 is 0 Å². The lowest BCUT2D eigenvalue weighted by atomic mass is 9.72. The van der Waals surface area contributed by atoms with Crippen molar-refractivity contribution in [2.45, 2.75) is 39.5 Å². The molecule has 2 atom stereocenters. The van der Waals surface area contributed by atoms with Crippen LogP contribution in [0.2, 0.25) is 0 Å². The molecule has 0 saturated heterocycles. The molecule has 0 spiro atoms. The van der Waals surface area contributed by atoms with Crippen LogP contribution in [0.15, 0.2) is 201 Å². The molecular weight excluding hydrogens is 773 g/mol. The van der Waals surface area contributed by atoms with Crippen molar-refractivity contribution in [3.63, 3.8) is 0 Å². The van der Waals surface area contributed by atoms with Crippen molar-refractivity contribution in [2.24, 2.45) is 0 Å². The topological polar surface area (TPSA) is 9.86 Å². The maximum absolute atomic E-state index is 4.14. The predicted molar refractivity (Wildman–Crippen MR) is 278 cm³/mol. The van der Waals surface area contributed by atoms with Crippen LogP contribution >= 0.6 is 0 Å². The number of hydrogen-bond acceptors (Lipinski definition) is 0. The molecule has 2 heteroatoms. The first-order valence-electron chi connectivity index (χ1n) is 22.5. The zero-order valence-corrected chi connectivity index (χ0v) is 36.9. The summed E-state index contributed by atoms with van der Waals surface area (Å²) in [4.78, 5) is 0. The summed E-state index contributed by atoms with van der Waals surface area (Å²) in [6.45, 7) is 17.2. The van der Waals surface area contributed by atoms with E-state index in [9.17, 15) is 0 Å². The van der Waals surface area contributed by atoms with Gasteiger partial charge in [0.15, 0.2) is 0 Å². The molecule has 8 aromatic carbocycles. The number of hydrogen-bond donors (Lipinski definition) is 0. The lowest BCUT2D eigenvalue weighted by molar-refractivity contribution is 0.617. The van der Waals surface area contributed by atoms with Crippen LogP contribution in [-0.4, -0.2) is 9.13 Å². The smallest absolute Gasteiger partial charge is 0.0547 e. The van der Waals surface area contributed by atoms with E-state index in [0.29, 0.717) is 11.8 Å². The summed E-state index contributed by atoms with van der Waals surface area (Å²) in [5, 5.41) is 7.58. The van der Waals surface area contributed by atoms with E-state index < -0.39 is 0 Å². The monoisotopic (exact) mass is 822 g/mol. The van der Waals surface area contributed by atoms with Crippen LogP contribution in [0.1, 0.15) is 54.9 Å². The third-order valence-corrected chi connectivity index (χ3v) is 13.9. The maximum atomic E-state index is 4.14. The minimum Gasteiger partial charge on any atom is -0.309 e. The standard InChI is InChI=1S/C62H50N2/c1-7-10-25-47-39(4)20-16-27-49(47)43-29-31-59-55(33-43)57-35-51-40(5)41(6)52-36-58-56-34-44(50-28-17-22-42-21-14-15-26-48(42)50)30-32-60(56)64(46-23-12-11-13-24-46)62(58)38-54(52)53(51)37-61(57)63(59)45(18-8-2)19-9-3/h7-38,40-41H,1-2H2,3-6H3/b19-9-,25-10-,45-18+. The van der Waals surface area contributed by atoms with Crippen LogP contribution in [0.25, 0.3) is 105 Å². The summed E-state index contributed by atoms with van der Waals surface area (Å²) >= 11 is 0. The Bertz CT molecular complexity index is 3630. The van der Waals surface area contributed by atoms with E-state index in [2.05, 4.69) is 226 Å². The molecule has 0 aliphatic heterocycles. The lowest BCUT2D eigenvalue weighted by Gasteiger charge is -2.32. The Hall–Kier alpha value is -7.68. The van der Waals surface area contributed by atoms with Gasteiger partial charge in [0.05, 0.1) is 22.1 Å². The van der Waals surface area contributed by atoms with E-state index >= 15 is 0 Å². The van der Waals surface area contributed by atoms with Crippen LogP contribution in [-0.2, 0) is 0 Å². The Balaban J connectivity index is 1.19. The van der Waals surface area contributed by atoms with Gasteiger partial charge in [-0.2, -0.15) is 0 Å². The van der Waals surface area contributed by atoms with Gasteiger partial charge in [-0.25, -0.2) is 0 Å². The Kier molecular flexibility index (Phi) is 9.55. The van der Waals surface area contributed by atoms with Crippen LogP contribution in [0.4, 0.5) is 0 Å². The first kappa shape index (κ1) is 39.2. The summed E-state index contributed by atoms with van der Waals surface area (Å²) in [6.07, 6.45) is 14.4. The van der Waals surface area contributed by atoms with Crippen molar-refractivity contribution in [2.75, 3.05) is 0 Å². The fourth-order valence-electron chi connectivity index (χ4n) is 10.7. The van der Waals surface area contributed by atoms with Crippen LogP contribution in [0.3, 0.4) is 0 Å².